The van der Waals surface area contributed by atoms with E-state index in [-0.39, 0.29) is 30.2 Å². The molecule has 36 heavy (non-hydrogen) atoms. The second kappa shape index (κ2) is 9.66. The van der Waals surface area contributed by atoms with Gasteiger partial charge in [0.05, 0.1) is 11.6 Å². The fourth-order valence-corrected chi connectivity index (χ4v) is 5.58. The van der Waals surface area contributed by atoms with Gasteiger partial charge in [-0.2, -0.15) is 0 Å². The molecule has 0 aliphatic carbocycles. The Morgan fingerprint density at radius 3 is 2.67 bits per heavy atom. The molecule has 9 heteroatoms. The number of rotatable bonds is 6. The van der Waals surface area contributed by atoms with Crippen LogP contribution in [0.1, 0.15) is 35.4 Å². The highest BCUT2D eigenvalue weighted by molar-refractivity contribution is 5.98. The summed E-state index contributed by atoms with van der Waals surface area (Å²) in [5.74, 6) is -2.74. The molecule has 186 valence electrons. The number of halogens is 1. The minimum Gasteiger partial charge on any atom is -0.396 e. The van der Waals surface area contributed by atoms with Crippen molar-refractivity contribution in [2.24, 2.45) is 11.8 Å². The molecule has 0 unspecified atom stereocenters. The topological polar surface area (TPSA) is 105 Å². The van der Waals surface area contributed by atoms with Crippen LogP contribution in [0, 0.1) is 17.7 Å². The van der Waals surface area contributed by atoms with Gasteiger partial charge in [-0.3, -0.25) is 19.4 Å². The van der Waals surface area contributed by atoms with Crippen molar-refractivity contribution in [3.05, 3.63) is 88.4 Å². The zero-order chi connectivity index (χ0) is 25.4. The summed E-state index contributed by atoms with van der Waals surface area (Å²) in [5, 5.41) is 13.2. The Balaban J connectivity index is 1.63. The number of benzene rings is 1. The normalized spacial score (nSPS) is 22.2. The summed E-state index contributed by atoms with van der Waals surface area (Å²) in [6, 6.07) is 11.0. The van der Waals surface area contributed by atoms with Crippen molar-refractivity contribution in [1.82, 2.24) is 19.8 Å². The van der Waals surface area contributed by atoms with Gasteiger partial charge in [-0.1, -0.05) is 25.1 Å². The monoisotopic (exact) mass is 490 g/mol. The smallest absolute Gasteiger partial charge is 0.258 e. The van der Waals surface area contributed by atoms with Crippen LogP contribution < -0.4 is 10.9 Å². The van der Waals surface area contributed by atoms with Crippen LogP contribution in [0.15, 0.2) is 65.7 Å². The fourth-order valence-electron chi connectivity index (χ4n) is 5.58. The Hall–Kier alpha value is -3.85. The van der Waals surface area contributed by atoms with E-state index < -0.39 is 35.6 Å². The number of pyridine rings is 2. The average molecular weight is 491 g/mol. The molecule has 0 bridgehead atoms. The van der Waals surface area contributed by atoms with E-state index in [1.54, 1.807) is 47.3 Å². The van der Waals surface area contributed by atoms with Crippen LogP contribution in [-0.4, -0.2) is 50.6 Å². The molecule has 2 aromatic heterocycles. The Kier molecular flexibility index (Phi) is 6.40. The standard InChI is InChI=1S/C27H27FN4O4/c1-2-11-30-25(34)24-20(15-33)19-14-31-22(10-9-17(26(31)35)16-6-5-12-29-13-16)23(19)32(24)27(36)18-7-3-4-8-21(18)28/h3-10,12-13,19-20,23-24,33H,2,11,14-15H2,1H3,(H,30,34)/t19-,20-,23+,24-/m1/s1. The third kappa shape index (κ3) is 3.80. The molecule has 3 aromatic rings. The lowest BCUT2D eigenvalue weighted by atomic mass is 9.88. The van der Waals surface area contributed by atoms with Gasteiger partial charge in [-0.25, -0.2) is 4.39 Å². The third-order valence-corrected chi connectivity index (χ3v) is 7.20. The summed E-state index contributed by atoms with van der Waals surface area (Å²) in [6.45, 7) is 2.20. The van der Waals surface area contributed by atoms with E-state index in [0.29, 0.717) is 29.8 Å². The minimum atomic E-state index is -0.995. The number of hydrogen-bond acceptors (Lipinski definition) is 5. The molecule has 2 N–H and O–H groups in total. The Labute approximate surface area is 207 Å². The highest BCUT2D eigenvalue weighted by Gasteiger charge is 2.57. The summed E-state index contributed by atoms with van der Waals surface area (Å²) in [5.41, 5.74) is 1.31. The molecular weight excluding hydrogens is 463 g/mol. The van der Waals surface area contributed by atoms with Crippen LogP contribution >= 0.6 is 0 Å². The molecule has 4 heterocycles. The summed E-state index contributed by atoms with van der Waals surface area (Å²) >= 11 is 0. The van der Waals surface area contributed by atoms with Crippen LogP contribution in [0.3, 0.4) is 0 Å². The van der Waals surface area contributed by atoms with Crippen LogP contribution in [0.2, 0.25) is 0 Å². The number of amides is 2. The van der Waals surface area contributed by atoms with Crippen LogP contribution in [0.25, 0.3) is 11.1 Å². The second-order valence-corrected chi connectivity index (χ2v) is 9.21. The van der Waals surface area contributed by atoms with Crippen molar-refractivity contribution < 1.29 is 19.1 Å². The van der Waals surface area contributed by atoms with Crippen molar-refractivity contribution in [3.63, 3.8) is 0 Å². The quantitative estimate of drug-likeness (QED) is 0.552. The molecule has 0 radical (unpaired) electrons. The van der Waals surface area contributed by atoms with Gasteiger partial charge < -0.3 is 19.9 Å². The fraction of sp³-hybridized carbons (Fsp3) is 0.333. The zero-order valence-electron chi connectivity index (χ0n) is 19.8. The van der Waals surface area contributed by atoms with Crippen molar-refractivity contribution in [2.75, 3.05) is 13.2 Å². The summed E-state index contributed by atoms with van der Waals surface area (Å²) in [4.78, 5) is 46.0. The number of aliphatic hydroxyl groups is 1. The van der Waals surface area contributed by atoms with E-state index >= 15 is 0 Å². The molecule has 0 saturated carbocycles. The predicted molar refractivity (Wildman–Crippen MR) is 130 cm³/mol. The maximum absolute atomic E-state index is 14.7. The SMILES string of the molecule is CCCNC(=O)[C@H]1[C@H](CO)[C@H]2Cn3c(ccc(-c4cccnc4)c3=O)[C@H]2N1C(=O)c1ccccc1F. The molecule has 2 amide bonds. The van der Waals surface area contributed by atoms with Crippen molar-refractivity contribution in [3.8, 4) is 11.1 Å². The van der Waals surface area contributed by atoms with E-state index in [4.69, 9.17) is 0 Å². The predicted octanol–water partition coefficient (Wildman–Crippen LogP) is 2.38. The highest BCUT2D eigenvalue weighted by atomic mass is 19.1. The number of fused-ring (bicyclic) bond motifs is 3. The zero-order valence-corrected chi connectivity index (χ0v) is 19.8. The molecule has 1 aromatic carbocycles. The second-order valence-electron chi connectivity index (χ2n) is 9.21. The lowest BCUT2D eigenvalue weighted by Crippen LogP contribution is -2.50. The first-order chi connectivity index (χ1) is 17.5. The number of carbonyl (C=O) groups excluding carboxylic acids is 2. The van der Waals surface area contributed by atoms with Gasteiger partial charge in [0.1, 0.15) is 11.9 Å². The Morgan fingerprint density at radius 2 is 1.97 bits per heavy atom. The average Bonchev–Trinajstić information content (AvgIpc) is 3.43. The largest absolute Gasteiger partial charge is 0.396 e. The molecule has 1 saturated heterocycles. The van der Waals surface area contributed by atoms with Crippen molar-refractivity contribution in [1.29, 1.82) is 0 Å². The van der Waals surface area contributed by atoms with Gasteiger partial charge in [0, 0.05) is 60.7 Å². The van der Waals surface area contributed by atoms with Gasteiger partial charge in [-0.15, -0.1) is 0 Å². The van der Waals surface area contributed by atoms with E-state index in [9.17, 15) is 23.9 Å². The van der Waals surface area contributed by atoms with Gasteiger partial charge in [0.15, 0.2) is 0 Å². The minimum absolute atomic E-state index is 0.157. The first-order valence-corrected chi connectivity index (χ1v) is 12.1. The number of aromatic nitrogens is 2. The summed E-state index contributed by atoms with van der Waals surface area (Å²) in [6.07, 6.45) is 3.93. The molecule has 1 fully saturated rings. The van der Waals surface area contributed by atoms with Crippen LogP contribution in [0.4, 0.5) is 4.39 Å². The molecule has 8 nitrogen and oxygen atoms in total. The van der Waals surface area contributed by atoms with Crippen molar-refractivity contribution in [2.45, 2.75) is 32.0 Å². The third-order valence-electron chi connectivity index (χ3n) is 7.20. The lowest BCUT2D eigenvalue weighted by molar-refractivity contribution is -0.126. The number of carbonyl (C=O) groups is 2. The van der Waals surface area contributed by atoms with Gasteiger partial charge in [-0.05, 0) is 36.8 Å². The lowest BCUT2D eigenvalue weighted by Gasteiger charge is -2.31. The Bertz CT molecular complexity index is 1360. The van der Waals surface area contributed by atoms with Gasteiger partial charge in [0.2, 0.25) is 5.91 Å². The van der Waals surface area contributed by atoms with Crippen LogP contribution in [0.5, 0.6) is 0 Å². The Morgan fingerprint density at radius 1 is 1.17 bits per heavy atom. The van der Waals surface area contributed by atoms with Crippen LogP contribution in [-0.2, 0) is 11.3 Å². The highest BCUT2D eigenvalue weighted by Crippen LogP contribution is 2.50. The van der Waals surface area contributed by atoms with E-state index in [1.165, 1.54) is 23.1 Å². The first-order valence-electron chi connectivity index (χ1n) is 12.1. The summed E-state index contributed by atoms with van der Waals surface area (Å²) < 4.78 is 16.3. The van der Waals surface area contributed by atoms with E-state index in [0.717, 1.165) is 0 Å². The maximum Gasteiger partial charge on any atom is 0.258 e. The number of likely N-dealkylation sites (tertiary alicyclic amines) is 1. The number of nitrogens with one attached hydrogen (secondary N) is 1. The molecule has 2 aliphatic rings. The first kappa shape index (κ1) is 23.9. The molecule has 4 atom stereocenters. The number of hydrogen-bond donors (Lipinski definition) is 2. The number of nitrogens with zero attached hydrogens (tertiary/aromatic N) is 3. The molecule has 2 aliphatic heterocycles. The van der Waals surface area contributed by atoms with E-state index in [1.807, 2.05) is 6.92 Å². The van der Waals surface area contributed by atoms with E-state index in [2.05, 4.69) is 10.3 Å². The number of aliphatic hydroxyl groups excluding tert-OH is 1. The molecular formula is C27H27FN4O4. The van der Waals surface area contributed by atoms with Gasteiger partial charge in [0.25, 0.3) is 11.5 Å². The maximum atomic E-state index is 14.7. The molecule has 0 spiro atoms. The summed E-state index contributed by atoms with van der Waals surface area (Å²) in [7, 11) is 0. The van der Waals surface area contributed by atoms with Gasteiger partial charge >= 0.3 is 0 Å². The molecule has 5 rings (SSSR count). The van der Waals surface area contributed by atoms with Crippen molar-refractivity contribution >= 4 is 11.8 Å².